The zero-order valence-corrected chi connectivity index (χ0v) is 14.5. The largest absolute Gasteiger partial charge is 0.329 e. The molecule has 5 nitrogen and oxygen atoms in total. The summed E-state index contributed by atoms with van der Waals surface area (Å²) in [6.07, 6.45) is 3.70. The molecule has 0 atom stereocenters. The van der Waals surface area contributed by atoms with Crippen molar-refractivity contribution in [3.8, 4) is 0 Å². The van der Waals surface area contributed by atoms with Gasteiger partial charge in [0.05, 0.1) is 11.4 Å². The number of benzene rings is 1. The van der Waals surface area contributed by atoms with Crippen molar-refractivity contribution in [3.63, 3.8) is 0 Å². The summed E-state index contributed by atoms with van der Waals surface area (Å²) in [6, 6.07) is 9.57. The number of thioether (sulfide) groups is 1. The lowest BCUT2D eigenvalue weighted by atomic mass is 10.3. The van der Waals surface area contributed by atoms with Crippen LogP contribution in [0.3, 0.4) is 0 Å². The van der Waals surface area contributed by atoms with Gasteiger partial charge in [-0.3, -0.25) is 9.69 Å². The molecule has 0 aliphatic heterocycles. The van der Waals surface area contributed by atoms with Crippen LogP contribution in [0, 0.1) is 0 Å². The van der Waals surface area contributed by atoms with Crippen LogP contribution in [0.4, 0.5) is 10.8 Å². The Kier molecular flexibility index (Phi) is 4.78. The second-order valence-electron chi connectivity index (χ2n) is 4.92. The lowest BCUT2D eigenvalue weighted by Crippen LogP contribution is -2.22. The molecule has 0 unspecified atom stereocenters. The fourth-order valence-electron chi connectivity index (χ4n) is 2.10. The molecule has 2 heterocycles. The van der Waals surface area contributed by atoms with Crippen LogP contribution in [0.1, 0.15) is 12.6 Å². The van der Waals surface area contributed by atoms with Crippen LogP contribution in [-0.2, 0) is 17.6 Å². The molecule has 7 heteroatoms. The summed E-state index contributed by atoms with van der Waals surface area (Å²) in [5.74, 6) is 0.677. The van der Waals surface area contributed by atoms with Crippen LogP contribution in [0.2, 0.25) is 0 Å². The fourth-order valence-corrected chi connectivity index (χ4v) is 3.92. The Morgan fingerprint density at radius 1 is 1.35 bits per heavy atom. The fraction of sp³-hybridized carbons (Fsp3) is 0.188. The number of imidazole rings is 1. The van der Waals surface area contributed by atoms with Crippen LogP contribution < -0.4 is 4.90 Å². The van der Waals surface area contributed by atoms with Gasteiger partial charge in [-0.05, 0) is 12.1 Å². The van der Waals surface area contributed by atoms with Crippen molar-refractivity contribution in [2.75, 3.05) is 4.90 Å². The summed E-state index contributed by atoms with van der Waals surface area (Å²) >= 11 is 3.10. The van der Waals surface area contributed by atoms with Crippen molar-refractivity contribution >= 4 is 39.8 Å². The molecule has 118 valence electrons. The number of anilines is 2. The number of hydrogen-bond donors (Lipinski definition) is 0. The van der Waals surface area contributed by atoms with Gasteiger partial charge in [-0.25, -0.2) is 9.97 Å². The zero-order chi connectivity index (χ0) is 16.2. The van der Waals surface area contributed by atoms with Crippen molar-refractivity contribution in [2.24, 2.45) is 7.05 Å². The number of thiazole rings is 1. The monoisotopic (exact) mass is 344 g/mol. The highest BCUT2D eigenvalue weighted by Crippen LogP contribution is 2.30. The van der Waals surface area contributed by atoms with Crippen molar-refractivity contribution in [1.29, 1.82) is 0 Å². The molecular weight excluding hydrogens is 328 g/mol. The van der Waals surface area contributed by atoms with Crippen LogP contribution >= 0.6 is 23.1 Å². The minimum atomic E-state index is -0.0474. The average molecular weight is 344 g/mol. The quantitative estimate of drug-likeness (QED) is 0.660. The van der Waals surface area contributed by atoms with Gasteiger partial charge in [0, 0.05) is 37.5 Å². The molecule has 3 aromatic rings. The Morgan fingerprint density at radius 2 is 2.13 bits per heavy atom. The van der Waals surface area contributed by atoms with E-state index < -0.39 is 0 Å². The number of carbonyl (C=O) groups excluding carboxylic acids is 1. The van der Waals surface area contributed by atoms with Crippen molar-refractivity contribution in [2.45, 2.75) is 17.8 Å². The molecule has 23 heavy (non-hydrogen) atoms. The Morgan fingerprint density at radius 3 is 2.78 bits per heavy atom. The number of nitrogens with zero attached hydrogens (tertiary/aromatic N) is 4. The number of aromatic nitrogens is 3. The van der Waals surface area contributed by atoms with Crippen molar-refractivity contribution in [1.82, 2.24) is 14.5 Å². The summed E-state index contributed by atoms with van der Waals surface area (Å²) in [5.41, 5.74) is 1.78. The number of carbonyl (C=O) groups is 1. The minimum absolute atomic E-state index is 0.0474. The van der Waals surface area contributed by atoms with Gasteiger partial charge in [0.25, 0.3) is 0 Å². The lowest BCUT2D eigenvalue weighted by molar-refractivity contribution is -0.115. The van der Waals surface area contributed by atoms with Crippen molar-refractivity contribution in [3.05, 3.63) is 53.8 Å². The van der Waals surface area contributed by atoms with Gasteiger partial charge < -0.3 is 4.57 Å². The van der Waals surface area contributed by atoms with E-state index in [0.717, 1.165) is 22.3 Å². The Bertz CT molecular complexity index is 797. The molecule has 0 radical (unpaired) electrons. The molecule has 0 aliphatic rings. The third kappa shape index (κ3) is 3.62. The maximum absolute atomic E-state index is 12.0. The predicted molar refractivity (Wildman–Crippen MR) is 94.1 cm³/mol. The predicted octanol–water partition coefficient (Wildman–Crippen LogP) is 3.85. The standard InChI is InChI=1S/C16H16N4OS2/c1-12(21)20(14-6-4-3-5-7-14)16-18-13(11-23-16)10-22-15-17-8-9-19(15)2/h3-9,11H,10H2,1-2H3. The topological polar surface area (TPSA) is 51.0 Å². The third-order valence-electron chi connectivity index (χ3n) is 3.19. The molecule has 0 spiro atoms. The SMILES string of the molecule is CC(=O)N(c1ccccc1)c1nc(CSc2nccn2C)cs1. The first kappa shape index (κ1) is 15.8. The maximum Gasteiger partial charge on any atom is 0.230 e. The Hall–Kier alpha value is -2.12. The van der Waals surface area contributed by atoms with E-state index >= 15 is 0 Å². The van der Waals surface area contributed by atoms with Gasteiger partial charge in [0.2, 0.25) is 5.91 Å². The Balaban J connectivity index is 1.77. The van der Waals surface area contributed by atoms with E-state index in [1.54, 1.807) is 29.8 Å². The molecule has 0 saturated carbocycles. The number of para-hydroxylation sites is 1. The van der Waals surface area contributed by atoms with Gasteiger partial charge in [-0.2, -0.15) is 0 Å². The Labute approximate surface area is 143 Å². The molecule has 0 saturated heterocycles. The van der Waals surface area contributed by atoms with E-state index in [0.29, 0.717) is 5.13 Å². The number of amides is 1. The molecule has 0 fully saturated rings. The van der Waals surface area contributed by atoms with E-state index in [2.05, 4.69) is 9.97 Å². The first-order valence-corrected chi connectivity index (χ1v) is 8.92. The third-order valence-corrected chi connectivity index (χ3v) is 5.15. The first-order chi connectivity index (χ1) is 11.1. The van der Waals surface area contributed by atoms with Gasteiger partial charge in [-0.1, -0.05) is 30.0 Å². The zero-order valence-electron chi connectivity index (χ0n) is 12.8. The molecule has 1 aromatic carbocycles. The molecule has 0 aliphatic carbocycles. The van der Waals surface area contributed by atoms with E-state index in [-0.39, 0.29) is 5.91 Å². The number of rotatable bonds is 5. The van der Waals surface area contributed by atoms with Gasteiger partial charge >= 0.3 is 0 Å². The van der Waals surface area contributed by atoms with Crippen molar-refractivity contribution < 1.29 is 4.79 Å². The second kappa shape index (κ2) is 6.97. The number of aryl methyl sites for hydroxylation is 1. The van der Waals surface area contributed by atoms with Gasteiger partial charge in [0.1, 0.15) is 0 Å². The van der Waals surface area contributed by atoms with Crippen LogP contribution in [0.25, 0.3) is 0 Å². The molecule has 0 bridgehead atoms. The normalized spacial score (nSPS) is 10.7. The molecular formula is C16H16N4OS2. The smallest absolute Gasteiger partial charge is 0.230 e. The average Bonchev–Trinajstić information content (AvgIpc) is 3.15. The summed E-state index contributed by atoms with van der Waals surface area (Å²) in [5, 5.41) is 3.63. The van der Waals surface area contributed by atoms with Gasteiger partial charge in [0.15, 0.2) is 10.3 Å². The minimum Gasteiger partial charge on any atom is -0.329 e. The van der Waals surface area contributed by atoms with E-state index in [4.69, 9.17) is 0 Å². The van der Waals surface area contributed by atoms with E-state index in [1.165, 1.54) is 11.3 Å². The van der Waals surface area contributed by atoms with E-state index in [9.17, 15) is 4.79 Å². The second-order valence-corrected chi connectivity index (χ2v) is 6.70. The summed E-state index contributed by atoms with van der Waals surface area (Å²) in [6.45, 7) is 1.55. The molecule has 1 amide bonds. The summed E-state index contributed by atoms with van der Waals surface area (Å²) in [4.78, 5) is 22.5. The molecule has 0 N–H and O–H groups in total. The highest BCUT2D eigenvalue weighted by molar-refractivity contribution is 7.98. The summed E-state index contributed by atoms with van der Waals surface area (Å²) in [7, 11) is 1.97. The van der Waals surface area contributed by atoms with E-state index in [1.807, 2.05) is 53.5 Å². The van der Waals surface area contributed by atoms with Crippen LogP contribution in [-0.4, -0.2) is 20.4 Å². The first-order valence-electron chi connectivity index (χ1n) is 7.05. The summed E-state index contributed by atoms with van der Waals surface area (Å²) < 4.78 is 1.98. The number of hydrogen-bond acceptors (Lipinski definition) is 5. The highest BCUT2D eigenvalue weighted by atomic mass is 32.2. The molecule has 2 aromatic heterocycles. The maximum atomic E-state index is 12.0. The lowest BCUT2D eigenvalue weighted by Gasteiger charge is -2.17. The molecule has 3 rings (SSSR count). The highest BCUT2D eigenvalue weighted by Gasteiger charge is 2.17. The van der Waals surface area contributed by atoms with Crippen LogP contribution in [0.15, 0.2) is 53.3 Å². The van der Waals surface area contributed by atoms with Crippen LogP contribution in [0.5, 0.6) is 0 Å². The van der Waals surface area contributed by atoms with Gasteiger partial charge in [-0.15, -0.1) is 11.3 Å².